The number of ether oxygens (including phenoxy) is 1. The van der Waals surface area contributed by atoms with Gasteiger partial charge in [0.15, 0.2) is 0 Å². The van der Waals surface area contributed by atoms with E-state index in [2.05, 4.69) is 15.5 Å². The summed E-state index contributed by atoms with van der Waals surface area (Å²) in [6.07, 6.45) is 4.82. The summed E-state index contributed by atoms with van der Waals surface area (Å²) in [6, 6.07) is 0.684. The number of carbonyl (C=O) groups is 1. The molecule has 1 amide bonds. The normalized spacial score (nSPS) is 23.8. The summed E-state index contributed by atoms with van der Waals surface area (Å²) in [4.78, 5) is 16.3. The van der Waals surface area contributed by atoms with E-state index in [0.717, 1.165) is 45.8 Å². The number of piperazine rings is 1. The molecule has 2 aliphatic heterocycles. The number of nitrogens with one attached hydrogen (secondary N) is 2. The highest BCUT2D eigenvalue weighted by atomic mass is 16.6. The van der Waals surface area contributed by atoms with Crippen molar-refractivity contribution in [3.05, 3.63) is 0 Å². The average Bonchev–Trinajstić information content (AvgIpc) is 2.79. The van der Waals surface area contributed by atoms with E-state index in [1.165, 1.54) is 32.2 Å². The van der Waals surface area contributed by atoms with Crippen LogP contribution in [0.5, 0.6) is 0 Å². The van der Waals surface area contributed by atoms with Crippen molar-refractivity contribution in [1.29, 1.82) is 0 Å². The van der Waals surface area contributed by atoms with Gasteiger partial charge < -0.3 is 20.3 Å². The molecule has 2 fully saturated rings. The zero-order chi connectivity index (χ0) is 17.4. The molecule has 1 unspecified atom stereocenters. The Kier molecular flexibility index (Phi) is 7.78. The topological polar surface area (TPSA) is 56.8 Å². The van der Waals surface area contributed by atoms with Crippen LogP contribution in [0.1, 0.15) is 46.5 Å². The molecule has 0 aromatic heterocycles. The van der Waals surface area contributed by atoms with Gasteiger partial charge in [-0.15, -0.1) is 0 Å². The Morgan fingerprint density at radius 3 is 2.62 bits per heavy atom. The molecule has 0 radical (unpaired) electrons. The molecule has 0 spiro atoms. The van der Waals surface area contributed by atoms with Gasteiger partial charge in [-0.05, 0) is 72.6 Å². The first-order valence-electron chi connectivity index (χ1n) is 9.58. The minimum atomic E-state index is -0.409. The number of carbonyl (C=O) groups excluding carboxylic acids is 1. The highest BCUT2D eigenvalue weighted by molar-refractivity contribution is 5.68. The maximum absolute atomic E-state index is 12.1. The highest BCUT2D eigenvalue weighted by Crippen LogP contribution is 2.12. The lowest BCUT2D eigenvalue weighted by atomic mass is 10.1. The Morgan fingerprint density at radius 2 is 1.92 bits per heavy atom. The number of nitrogens with zero attached hydrogens (tertiary/aromatic N) is 2. The third-order valence-corrected chi connectivity index (χ3v) is 4.68. The fraction of sp³-hybridized carbons (Fsp3) is 0.944. The molecular formula is C18H36N4O2. The van der Waals surface area contributed by atoms with Gasteiger partial charge in [0, 0.05) is 32.2 Å². The molecule has 0 aromatic rings. The molecule has 6 heteroatoms. The van der Waals surface area contributed by atoms with Crippen molar-refractivity contribution < 1.29 is 9.53 Å². The SMILES string of the molecule is CC(C)(C)OC(=O)N1CCN(CCCNC2CCCNCC2)CC1. The molecule has 2 heterocycles. The second-order valence-corrected chi connectivity index (χ2v) is 7.99. The van der Waals surface area contributed by atoms with Gasteiger partial charge in [-0.1, -0.05) is 0 Å². The second-order valence-electron chi connectivity index (χ2n) is 7.99. The van der Waals surface area contributed by atoms with Crippen molar-refractivity contribution in [2.75, 3.05) is 52.4 Å². The number of hydrogen-bond donors (Lipinski definition) is 2. The molecule has 0 aliphatic carbocycles. The van der Waals surface area contributed by atoms with Crippen LogP contribution in [0.3, 0.4) is 0 Å². The maximum Gasteiger partial charge on any atom is 0.410 e. The zero-order valence-electron chi connectivity index (χ0n) is 15.8. The van der Waals surface area contributed by atoms with E-state index in [9.17, 15) is 4.79 Å². The Balaban J connectivity index is 1.55. The third-order valence-electron chi connectivity index (χ3n) is 4.68. The van der Waals surface area contributed by atoms with Crippen LogP contribution in [0.2, 0.25) is 0 Å². The van der Waals surface area contributed by atoms with Gasteiger partial charge in [0.1, 0.15) is 5.60 Å². The lowest BCUT2D eigenvalue weighted by Gasteiger charge is -2.35. The molecule has 24 heavy (non-hydrogen) atoms. The van der Waals surface area contributed by atoms with E-state index in [1.54, 1.807) is 0 Å². The Bertz CT molecular complexity index is 368. The zero-order valence-corrected chi connectivity index (χ0v) is 15.8. The van der Waals surface area contributed by atoms with E-state index in [0.29, 0.717) is 6.04 Å². The van der Waals surface area contributed by atoms with Gasteiger partial charge in [0.05, 0.1) is 0 Å². The van der Waals surface area contributed by atoms with Gasteiger partial charge >= 0.3 is 6.09 Å². The lowest BCUT2D eigenvalue weighted by Crippen LogP contribution is -2.50. The van der Waals surface area contributed by atoms with Crippen molar-refractivity contribution >= 4 is 6.09 Å². The van der Waals surface area contributed by atoms with E-state index in [4.69, 9.17) is 4.74 Å². The van der Waals surface area contributed by atoms with Gasteiger partial charge in [0.25, 0.3) is 0 Å². The van der Waals surface area contributed by atoms with Crippen LogP contribution in [0.4, 0.5) is 4.79 Å². The Morgan fingerprint density at radius 1 is 1.17 bits per heavy atom. The summed E-state index contributed by atoms with van der Waals surface area (Å²) >= 11 is 0. The Hall–Kier alpha value is -0.850. The minimum Gasteiger partial charge on any atom is -0.444 e. The average molecular weight is 341 g/mol. The van der Waals surface area contributed by atoms with Crippen LogP contribution >= 0.6 is 0 Å². The van der Waals surface area contributed by atoms with Crippen LogP contribution in [0.15, 0.2) is 0 Å². The quantitative estimate of drug-likeness (QED) is 0.746. The first-order chi connectivity index (χ1) is 11.4. The molecule has 1 atom stereocenters. The molecule has 2 N–H and O–H groups in total. The van der Waals surface area contributed by atoms with Crippen molar-refractivity contribution in [3.63, 3.8) is 0 Å². The maximum atomic E-state index is 12.1. The minimum absolute atomic E-state index is 0.175. The van der Waals surface area contributed by atoms with Crippen LogP contribution in [0, 0.1) is 0 Å². The van der Waals surface area contributed by atoms with E-state index in [-0.39, 0.29) is 6.09 Å². The van der Waals surface area contributed by atoms with Crippen LogP contribution < -0.4 is 10.6 Å². The summed E-state index contributed by atoms with van der Waals surface area (Å²) < 4.78 is 5.44. The van der Waals surface area contributed by atoms with Crippen LogP contribution in [-0.4, -0.2) is 79.9 Å². The number of amides is 1. The first-order valence-corrected chi connectivity index (χ1v) is 9.58. The van der Waals surface area contributed by atoms with E-state index >= 15 is 0 Å². The summed E-state index contributed by atoms with van der Waals surface area (Å²) in [7, 11) is 0. The van der Waals surface area contributed by atoms with Gasteiger partial charge in [-0.25, -0.2) is 4.79 Å². The fourth-order valence-corrected chi connectivity index (χ4v) is 3.31. The second kappa shape index (κ2) is 9.59. The monoisotopic (exact) mass is 340 g/mol. The number of hydrogen-bond acceptors (Lipinski definition) is 5. The van der Waals surface area contributed by atoms with Gasteiger partial charge in [-0.3, -0.25) is 4.90 Å². The highest BCUT2D eigenvalue weighted by Gasteiger charge is 2.25. The molecule has 6 nitrogen and oxygen atoms in total. The van der Waals surface area contributed by atoms with E-state index < -0.39 is 5.60 Å². The largest absolute Gasteiger partial charge is 0.444 e. The smallest absolute Gasteiger partial charge is 0.410 e. The summed E-state index contributed by atoms with van der Waals surface area (Å²) in [6.45, 7) is 13.7. The van der Waals surface area contributed by atoms with Crippen molar-refractivity contribution in [1.82, 2.24) is 20.4 Å². The van der Waals surface area contributed by atoms with Crippen molar-refractivity contribution in [2.45, 2.75) is 58.1 Å². The van der Waals surface area contributed by atoms with Gasteiger partial charge in [0.2, 0.25) is 0 Å². The molecule has 2 aliphatic rings. The standard InChI is InChI=1S/C18H36N4O2/c1-18(2,3)24-17(23)22-14-12-21(13-15-22)11-5-9-20-16-6-4-8-19-10-7-16/h16,19-20H,4-15H2,1-3H3. The molecule has 0 saturated carbocycles. The lowest BCUT2D eigenvalue weighted by molar-refractivity contribution is 0.0144. The van der Waals surface area contributed by atoms with Crippen molar-refractivity contribution in [3.8, 4) is 0 Å². The molecule has 0 bridgehead atoms. The van der Waals surface area contributed by atoms with Crippen LogP contribution in [-0.2, 0) is 4.74 Å². The Labute approximate surface area is 147 Å². The molecule has 0 aromatic carbocycles. The summed E-state index contributed by atoms with van der Waals surface area (Å²) in [5, 5.41) is 7.16. The summed E-state index contributed by atoms with van der Waals surface area (Å²) in [5.74, 6) is 0. The van der Waals surface area contributed by atoms with Crippen LogP contribution in [0.25, 0.3) is 0 Å². The molecular weight excluding hydrogens is 304 g/mol. The predicted molar refractivity (Wildman–Crippen MR) is 97.4 cm³/mol. The molecule has 2 rings (SSSR count). The van der Waals surface area contributed by atoms with Crippen molar-refractivity contribution in [2.24, 2.45) is 0 Å². The van der Waals surface area contributed by atoms with E-state index in [1.807, 2.05) is 25.7 Å². The predicted octanol–water partition coefficient (Wildman–Crippen LogP) is 1.66. The molecule has 140 valence electrons. The molecule has 2 saturated heterocycles. The third kappa shape index (κ3) is 7.36. The van der Waals surface area contributed by atoms with Gasteiger partial charge in [-0.2, -0.15) is 0 Å². The summed E-state index contributed by atoms with van der Waals surface area (Å²) in [5.41, 5.74) is -0.409. The fourth-order valence-electron chi connectivity index (χ4n) is 3.31. The number of rotatable bonds is 5. The first kappa shape index (κ1) is 19.5.